The van der Waals surface area contributed by atoms with Crippen LogP contribution in [-0.4, -0.2) is 5.91 Å². The monoisotopic (exact) mass is 317 g/mol. The van der Waals surface area contributed by atoms with Crippen LogP contribution in [0.5, 0.6) is 0 Å². The Morgan fingerprint density at radius 1 is 1.00 bits per heavy atom. The zero-order chi connectivity index (χ0) is 16.3. The van der Waals surface area contributed by atoms with Gasteiger partial charge in [-0.3, -0.25) is 4.79 Å². The van der Waals surface area contributed by atoms with Gasteiger partial charge in [0.1, 0.15) is 5.82 Å². The molecule has 2 nitrogen and oxygen atoms in total. The van der Waals surface area contributed by atoms with E-state index in [0.717, 1.165) is 35.0 Å². The van der Waals surface area contributed by atoms with E-state index in [2.05, 4.69) is 29.6 Å². The molecule has 0 radical (unpaired) electrons. The van der Waals surface area contributed by atoms with Crippen LogP contribution in [-0.2, 0) is 17.6 Å². The molecular weight excluding hydrogens is 301 g/mol. The van der Waals surface area contributed by atoms with Gasteiger partial charge in [-0.2, -0.15) is 0 Å². The van der Waals surface area contributed by atoms with Crippen molar-refractivity contribution in [1.29, 1.82) is 0 Å². The first kappa shape index (κ1) is 13.7. The minimum Gasteiger partial charge on any atom is -0.325 e. The molecule has 118 valence electrons. The number of aryl methyl sites for hydroxylation is 2. The van der Waals surface area contributed by atoms with E-state index in [1.807, 2.05) is 6.07 Å². The maximum absolute atomic E-state index is 13.7. The van der Waals surface area contributed by atoms with Crippen LogP contribution in [0, 0.1) is 5.82 Å². The molecule has 5 rings (SSSR count). The van der Waals surface area contributed by atoms with Crippen molar-refractivity contribution in [3.05, 3.63) is 76.6 Å². The molecule has 1 N–H and O–H groups in total. The molecule has 1 amide bonds. The third-order valence-corrected chi connectivity index (χ3v) is 5.30. The maximum Gasteiger partial charge on any atom is 0.225 e. The van der Waals surface area contributed by atoms with E-state index in [0.29, 0.717) is 6.42 Å². The summed E-state index contributed by atoms with van der Waals surface area (Å²) in [6.45, 7) is 0. The summed E-state index contributed by atoms with van der Waals surface area (Å²) in [5, 5.41) is 5.47. The van der Waals surface area contributed by atoms with Gasteiger partial charge in [0.05, 0.1) is 5.69 Å². The van der Waals surface area contributed by atoms with Gasteiger partial charge in [0.25, 0.3) is 0 Å². The first-order valence-corrected chi connectivity index (χ1v) is 8.33. The Labute approximate surface area is 139 Å². The summed E-state index contributed by atoms with van der Waals surface area (Å²) >= 11 is 0. The van der Waals surface area contributed by atoms with Crippen LogP contribution >= 0.6 is 0 Å². The molecule has 24 heavy (non-hydrogen) atoms. The average molecular weight is 317 g/mol. The molecule has 1 atom stereocenters. The van der Waals surface area contributed by atoms with Crippen LogP contribution in [0.25, 0.3) is 10.8 Å². The summed E-state index contributed by atoms with van der Waals surface area (Å²) in [6.07, 6.45) is 2.45. The number of nitrogens with one attached hydrogen (secondary N) is 1. The fourth-order valence-corrected chi connectivity index (χ4v) is 4.27. The van der Waals surface area contributed by atoms with Crippen molar-refractivity contribution in [3.8, 4) is 0 Å². The standard InChI is InChI=1S/C21H16FNO/c22-15-5-1-4-13(9-15)17-11-19(24)23-21-16-6-2-3-12-7-8-14(20(12)16)10-18(17)21/h1-6,9-10,17H,7-8,11H2,(H,23,24). The number of halogens is 1. The number of carbonyl (C=O) groups is 1. The lowest BCUT2D eigenvalue weighted by Gasteiger charge is -2.28. The molecule has 3 heteroatoms. The second-order valence-electron chi connectivity index (χ2n) is 6.70. The van der Waals surface area contributed by atoms with Crippen molar-refractivity contribution < 1.29 is 9.18 Å². The van der Waals surface area contributed by atoms with Gasteiger partial charge < -0.3 is 5.32 Å². The number of hydrogen-bond acceptors (Lipinski definition) is 1. The number of benzene rings is 3. The Morgan fingerprint density at radius 2 is 1.83 bits per heavy atom. The number of anilines is 1. The highest BCUT2D eigenvalue weighted by Gasteiger charge is 2.30. The summed E-state index contributed by atoms with van der Waals surface area (Å²) < 4.78 is 13.7. The minimum atomic E-state index is -0.257. The van der Waals surface area contributed by atoms with Crippen LogP contribution in [0.15, 0.2) is 48.5 Å². The molecule has 3 aromatic carbocycles. The minimum absolute atomic E-state index is 0.00420. The predicted molar refractivity (Wildman–Crippen MR) is 92.8 cm³/mol. The van der Waals surface area contributed by atoms with E-state index in [-0.39, 0.29) is 17.6 Å². The van der Waals surface area contributed by atoms with Crippen molar-refractivity contribution in [3.63, 3.8) is 0 Å². The largest absolute Gasteiger partial charge is 0.325 e. The van der Waals surface area contributed by atoms with Crippen LogP contribution in [0.3, 0.4) is 0 Å². The van der Waals surface area contributed by atoms with E-state index in [9.17, 15) is 9.18 Å². The molecule has 0 aromatic heterocycles. The van der Waals surface area contributed by atoms with E-state index in [1.165, 1.54) is 22.6 Å². The molecule has 1 aliphatic heterocycles. The normalized spacial score (nSPS) is 18.5. The van der Waals surface area contributed by atoms with Gasteiger partial charge in [-0.25, -0.2) is 4.39 Å². The van der Waals surface area contributed by atoms with E-state index < -0.39 is 0 Å². The summed E-state index contributed by atoms with van der Waals surface area (Å²) in [5.41, 5.74) is 5.58. The zero-order valence-electron chi connectivity index (χ0n) is 13.1. The fourth-order valence-electron chi connectivity index (χ4n) is 4.27. The Kier molecular flexibility index (Phi) is 2.81. The molecule has 0 saturated carbocycles. The van der Waals surface area contributed by atoms with Crippen molar-refractivity contribution >= 4 is 22.4 Å². The highest BCUT2D eigenvalue weighted by Crippen LogP contribution is 2.45. The molecule has 1 heterocycles. The van der Waals surface area contributed by atoms with Gasteiger partial charge >= 0.3 is 0 Å². The van der Waals surface area contributed by atoms with Gasteiger partial charge in [-0.05, 0) is 52.6 Å². The summed E-state index contributed by atoms with van der Waals surface area (Å²) in [5.74, 6) is -0.350. The van der Waals surface area contributed by atoms with Crippen molar-refractivity contribution in [1.82, 2.24) is 0 Å². The first-order chi connectivity index (χ1) is 11.7. The lowest BCUT2D eigenvalue weighted by Crippen LogP contribution is -2.24. The Hall–Kier alpha value is -2.68. The maximum atomic E-state index is 13.7. The van der Waals surface area contributed by atoms with Crippen molar-refractivity contribution in [2.24, 2.45) is 0 Å². The average Bonchev–Trinajstić information content (AvgIpc) is 3.00. The Balaban J connectivity index is 1.80. The summed E-state index contributed by atoms with van der Waals surface area (Å²) in [6, 6.07) is 15.2. The quantitative estimate of drug-likeness (QED) is 0.701. The van der Waals surface area contributed by atoms with Gasteiger partial charge in [-0.15, -0.1) is 0 Å². The van der Waals surface area contributed by atoms with E-state index in [1.54, 1.807) is 12.1 Å². The zero-order valence-corrected chi connectivity index (χ0v) is 13.1. The van der Waals surface area contributed by atoms with Crippen LogP contribution in [0.4, 0.5) is 10.1 Å². The predicted octanol–water partition coefficient (Wildman–Crippen LogP) is 4.55. The lowest BCUT2D eigenvalue weighted by molar-refractivity contribution is -0.116. The highest BCUT2D eigenvalue weighted by atomic mass is 19.1. The van der Waals surface area contributed by atoms with Crippen LogP contribution in [0.1, 0.15) is 34.6 Å². The lowest BCUT2D eigenvalue weighted by atomic mass is 9.82. The molecule has 0 fully saturated rings. The molecule has 3 aromatic rings. The molecule has 0 saturated heterocycles. The number of amides is 1. The topological polar surface area (TPSA) is 29.1 Å². The van der Waals surface area contributed by atoms with Crippen molar-refractivity contribution in [2.45, 2.75) is 25.2 Å². The molecule has 0 spiro atoms. The number of rotatable bonds is 1. The molecule has 0 bridgehead atoms. The van der Waals surface area contributed by atoms with E-state index in [4.69, 9.17) is 0 Å². The summed E-state index contributed by atoms with van der Waals surface area (Å²) in [4.78, 5) is 12.3. The molecule has 1 unspecified atom stereocenters. The first-order valence-electron chi connectivity index (χ1n) is 8.33. The van der Waals surface area contributed by atoms with Gasteiger partial charge in [0, 0.05) is 17.7 Å². The molecule has 2 aliphatic rings. The second-order valence-corrected chi connectivity index (χ2v) is 6.70. The Bertz CT molecular complexity index is 1010. The SMILES string of the molecule is O=C1CC(c2cccc(F)c2)c2cc3c4c(cccc4c2N1)CC3. The summed E-state index contributed by atoms with van der Waals surface area (Å²) in [7, 11) is 0. The smallest absolute Gasteiger partial charge is 0.225 e. The highest BCUT2D eigenvalue weighted by molar-refractivity contribution is 6.08. The van der Waals surface area contributed by atoms with Gasteiger partial charge in [0.15, 0.2) is 0 Å². The van der Waals surface area contributed by atoms with Crippen LogP contribution < -0.4 is 5.32 Å². The van der Waals surface area contributed by atoms with Crippen LogP contribution in [0.2, 0.25) is 0 Å². The van der Waals surface area contributed by atoms with Gasteiger partial charge in [-0.1, -0.05) is 36.4 Å². The Morgan fingerprint density at radius 3 is 2.71 bits per heavy atom. The third kappa shape index (κ3) is 1.91. The number of carbonyl (C=O) groups excluding carboxylic acids is 1. The van der Waals surface area contributed by atoms with E-state index >= 15 is 0 Å². The fraction of sp³-hybridized carbons (Fsp3) is 0.190. The third-order valence-electron chi connectivity index (χ3n) is 5.30. The van der Waals surface area contributed by atoms with Gasteiger partial charge in [0.2, 0.25) is 5.91 Å². The number of hydrogen-bond donors (Lipinski definition) is 1. The molecular formula is C21H16FNO. The number of fused-ring (bicyclic) bond motifs is 2. The van der Waals surface area contributed by atoms with Crippen molar-refractivity contribution in [2.75, 3.05) is 5.32 Å². The molecule has 1 aliphatic carbocycles. The second kappa shape index (κ2) is 4.91.